The van der Waals surface area contributed by atoms with Crippen LogP contribution in [0, 0.1) is 5.92 Å². The number of esters is 1. The van der Waals surface area contributed by atoms with E-state index in [9.17, 15) is 13.2 Å². The molecule has 8 heteroatoms. The molecule has 24 heavy (non-hydrogen) atoms. The van der Waals surface area contributed by atoms with Gasteiger partial charge in [0.15, 0.2) is 0 Å². The Morgan fingerprint density at radius 1 is 1.29 bits per heavy atom. The number of nitrogens with one attached hydrogen (secondary N) is 1. The molecule has 1 aliphatic rings. The van der Waals surface area contributed by atoms with E-state index in [2.05, 4.69) is 9.46 Å². The van der Waals surface area contributed by atoms with Gasteiger partial charge in [-0.3, -0.25) is 0 Å². The first-order valence-corrected chi connectivity index (χ1v) is 9.40. The van der Waals surface area contributed by atoms with Gasteiger partial charge in [0.05, 0.1) is 19.1 Å². The minimum atomic E-state index is -3.76. The molecule has 0 aromatic heterocycles. The quantitative estimate of drug-likeness (QED) is 0.744. The summed E-state index contributed by atoms with van der Waals surface area (Å²) in [6, 6.07) is 3.95. The van der Waals surface area contributed by atoms with Crippen molar-refractivity contribution in [3.63, 3.8) is 0 Å². The van der Waals surface area contributed by atoms with Crippen molar-refractivity contribution in [2.45, 2.75) is 36.6 Å². The summed E-state index contributed by atoms with van der Waals surface area (Å²) in [7, 11) is -1.12. The molecular weight excluding hydrogens is 332 g/mol. The first kappa shape index (κ1) is 18.7. The molecule has 1 fully saturated rings. The highest BCUT2D eigenvalue weighted by Crippen LogP contribution is 2.27. The summed E-state index contributed by atoms with van der Waals surface area (Å²) in [5.74, 6) is -0.258. The molecule has 1 aromatic carbocycles. The molecule has 0 bridgehead atoms. The number of carbonyl (C=O) groups is 1. The summed E-state index contributed by atoms with van der Waals surface area (Å²) >= 11 is 0. The number of nitrogens with two attached hydrogens (primary N) is 1. The van der Waals surface area contributed by atoms with Crippen molar-refractivity contribution in [1.82, 2.24) is 4.72 Å². The van der Waals surface area contributed by atoms with Gasteiger partial charge in [0.25, 0.3) is 0 Å². The van der Waals surface area contributed by atoms with Crippen molar-refractivity contribution in [2.75, 3.05) is 20.8 Å². The highest BCUT2D eigenvalue weighted by Gasteiger charge is 2.29. The fourth-order valence-electron chi connectivity index (χ4n) is 3.04. The van der Waals surface area contributed by atoms with E-state index in [1.54, 1.807) is 0 Å². The number of ether oxygens (including phenoxy) is 2. The summed E-state index contributed by atoms with van der Waals surface area (Å²) < 4.78 is 37.9. The zero-order chi connectivity index (χ0) is 17.7. The van der Waals surface area contributed by atoms with Crippen molar-refractivity contribution >= 4 is 16.0 Å². The summed E-state index contributed by atoms with van der Waals surface area (Å²) in [6.07, 6.45) is 3.72. The second-order valence-electron chi connectivity index (χ2n) is 5.86. The number of rotatable bonds is 6. The third kappa shape index (κ3) is 4.06. The summed E-state index contributed by atoms with van der Waals surface area (Å²) in [6.45, 7) is 0.448. The van der Waals surface area contributed by atoms with Crippen LogP contribution in [0.2, 0.25) is 0 Å². The average Bonchev–Trinajstić information content (AvgIpc) is 2.60. The number of benzene rings is 1. The molecule has 0 heterocycles. The van der Waals surface area contributed by atoms with E-state index in [4.69, 9.17) is 10.5 Å². The molecule has 0 aliphatic heterocycles. The van der Waals surface area contributed by atoms with Crippen LogP contribution in [0.25, 0.3) is 0 Å². The Morgan fingerprint density at radius 3 is 2.62 bits per heavy atom. The monoisotopic (exact) mass is 356 g/mol. The van der Waals surface area contributed by atoms with E-state index < -0.39 is 16.0 Å². The lowest BCUT2D eigenvalue weighted by molar-refractivity contribution is 0.0597. The summed E-state index contributed by atoms with van der Waals surface area (Å²) in [5, 5.41) is 0. The molecule has 1 aromatic rings. The van der Waals surface area contributed by atoms with Gasteiger partial charge in [-0.15, -0.1) is 0 Å². The Bertz CT molecular complexity index is 690. The van der Waals surface area contributed by atoms with E-state index in [1.807, 2.05) is 0 Å². The van der Waals surface area contributed by atoms with Crippen molar-refractivity contribution in [1.29, 1.82) is 0 Å². The lowest BCUT2D eigenvalue weighted by atomic mass is 9.85. The fourth-order valence-corrected chi connectivity index (χ4v) is 4.40. The van der Waals surface area contributed by atoms with Crippen molar-refractivity contribution < 1.29 is 22.7 Å². The number of sulfonamides is 1. The molecule has 1 aliphatic carbocycles. The van der Waals surface area contributed by atoms with Gasteiger partial charge < -0.3 is 15.2 Å². The second kappa shape index (κ2) is 7.96. The standard InChI is InChI=1S/C16H24N2O5S/c1-22-15-8-7-12(9-13(15)16(19)23-2)24(20,21)18-14-6-4-3-5-11(14)10-17/h7-9,11,14,18H,3-6,10,17H2,1-2H3. The molecule has 3 N–H and O–H groups in total. The molecule has 0 spiro atoms. The first-order valence-electron chi connectivity index (χ1n) is 7.91. The van der Waals surface area contributed by atoms with E-state index in [-0.39, 0.29) is 28.2 Å². The number of hydrogen-bond acceptors (Lipinski definition) is 6. The molecule has 0 radical (unpaired) electrons. The third-order valence-corrected chi connectivity index (χ3v) is 5.89. The van der Waals surface area contributed by atoms with Gasteiger partial charge in [0.2, 0.25) is 10.0 Å². The SMILES string of the molecule is COC(=O)c1cc(S(=O)(=O)NC2CCCCC2CN)ccc1OC. The molecule has 2 rings (SSSR count). The van der Waals surface area contributed by atoms with Crippen LogP contribution in [0.1, 0.15) is 36.0 Å². The van der Waals surface area contributed by atoms with Crippen LogP contribution in [-0.2, 0) is 14.8 Å². The first-order chi connectivity index (χ1) is 11.4. The van der Waals surface area contributed by atoms with Crippen LogP contribution >= 0.6 is 0 Å². The Morgan fingerprint density at radius 2 is 2.00 bits per heavy atom. The van der Waals surface area contributed by atoms with Crippen molar-refractivity contribution in [3.05, 3.63) is 23.8 Å². The van der Waals surface area contributed by atoms with Gasteiger partial charge in [-0.1, -0.05) is 12.8 Å². The van der Waals surface area contributed by atoms with Crippen LogP contribution < -0.4 is 15.2 Å². The highest BCUT2D eigenvalue weighted by molar-refractivity contribution is 7.89. The Balaban J connectivity index is 2.30. The third-order valence-electron chi connectivity index (χ3n) is 4.40. The maximum Gasteiger partial charge on any atom is 0.341 e. The van der Waals surface area contributed by atoms with Gasteiger partial charge >= 0.3 is 5.97 Å². The van der Waals surface area contributed by atoms with Crippen LogP contribution in [0.4, 0.5) is 0 Å². The maximum atomic E-state index is 12.7. The lowest BCUT2D eigenvalue weighted by Crippen LogP contribution is -2.44. The highest BCUT2D eigenvalue weighted by atomic mass is 32.2. The Hall–Kier alpha value is -1.64. The van der Waals surface area contributed by atoms with Crippen molar-refractivity contribution in [2.24, 2.45) is 11.7 Å². The van der Waals surface area contributed by atoms with Crippen molar-refractivity contribution in [3.8, 4) is 5.75 Å². The lowest BCUT2D eigenvalue weighted by Gasteiger charge is -2.31. The van der Waals surface area contributed by atoms with E-state index in [1.165, 1.54) is 32.4 Å². The predicted molar refractivity (Wildman–Crippen MR) is 89.5 cm³/mol. The van der Waals surface area contributed by atoms with Gasteiger partial charge in [-0.05, 0) is 43.5 Å². The molecule has 0 saturated heterocycles. The summed E-state index contributed by atoms with van der Waals surface area (Å²) in [5.41, 5.74) is 5.83. The maximum absolute atomic E-state index is 12.7. The van der Waals surface area contributed by atoms with E-state index in [0.717, 1.165) is 25.7 Å². The number of carbonyl (C=O) groups excluding carboxylic acids is 1. The molecule has 7 nitrogen and oxygen atoms in total. The van der Waals surface area contributed by atoms with Crippen LogP contribution in [0.3, 0.4) is 0 Å². The molecule has 2 atom stereocenters. The van der Waals surface area contributed by atoms with Crippen LogP contribution in [0.15, 0.2) is 23.1 Å². The topological polar surface area (TPSA) is 108 Å². The zero-order valence-electron chi connectivity index (χ0n) is 13.9. The van der Waals surface area contributed by atoms with E-state index in [0.29, 0.717) is 6.54 Å². The number of methoxy groups -OCH3 is 2. The summed E-state index contributed by atoms with van der Waals surface area (Å²) in [4.78, 5) is 11.8. The molecule has 134 valence electrons. The minimum absolute atomic E-state index is 0.00467. The van der Waals surface area contributed by atoms with E-state index >= 15 is 0 Å². The zero-order valence-corrected chi connectivity index (χ0v) is 14.8. The Labute approximate surface area is 142 Å². The second-order valence-corrected chi connectivity index (χ2v) is 7.58. The smallest absolute Gasteiger partial charge is 0.341 e. The van der Waals surface area contributed by atoms with Gasteiger partial charge in [0, 0.05) is 6.04 Å². The predicted octanol–water partition coefficient (Wildman–Crippen LogP) is 1.28. The minimum Gasteiger partial charge on any atom is -0.496 e. The molecule has 2 unspecified atom stereocenters. The molecule has 1 saturated carbocycles. The van der Waals surface area contributed by atoms with Gasteiger partial charge in [-0.2, -0.15) is 0 Å². The molecule has 0 amide bonds. The largest absolute Gasteiger partial charge is 0.496 e. The van der Waals surface area contributed by atoms with Crippen LogP contribution in [0.5, 0.6) is 5.75 Å². The average molecular weight is 356 g/mol. The normalized spacial score (nSPS) is 21.3. The number of hydrogen-bond donors (Lipinski definition) is 2. The van der Waals surface area contributed by atoms with Gasteiger partial charge in [-0.25, -0.2) is 17.9 Å². The van der Waals surface area contributed by atoms with Crippen LogP contribution in [-0.4, -0.2) is 41.2 Å². The van der Waals surface area contributed by atoms with Gasteiger partial charge in [0.1, 0.15) is 11.3 Å². The fraction of sp³-hybridized carbons (Fsp3) is 0.562. The Kier molecular flexibility index (Phi) is 6.20. The molecular formula is C16H24N2O5S.